The van der Waals surface area contributed by atoms with Crippen molar-refractivity contribution in [1.82, 2.24) is 5.32 Å². The van der Waals surface area contributed by atoms with Crippen molar-refractivity contribution in [2.75, 3.05) is 11.9 Å². The lowest BCUT2D eigenvalue weighted by atomic mass is 9.83. The van der Waals surface area contributed by atoms with Crippen molar-refractivity contribution in [2.45, 2.75) is 32.6 Å². The van der Waals surface area contributed by atoms with Gasteiger partial charge in [-0.05, 0) is 48.9 Å². The number of hydrogen-bond donors (Lipinski definition) is 2. The van der Waals surface area contributed by atoms with Crippen molar-refractivity contribution in [3.05, 3.63) is 63.6 Å². The van der Waals surface area contributed by atoms with E-state index in [9.17, 15) is 9.59 Å². The first-order valence-corrected chi connectivity index (χ1v) is 10.8. The lowest BCUT2D eigenvalue weighted by Crippen LogP contribution is -2.31. The summed E-state index contributed by atoms with van der Waals surface area (Å²) in [7, 11) is 0. The van der Waals surface area contributed by atoms with Crippen molar-refractivity contribution in [3.8, 4) is 11.8 Å². The quantitative estimate of drug-likeness (QED) is 0.610. The van der Waals surface area contributed by atoms with Crippen molar-refractivity contribution in [2.24, 2.45) is 11.8 Å². The van der Waals surface area contributed by atoms with Crippen molar-refractivity contribution >= 4 is 40.7 Å². The predicted octanol–water partition coefficient (Wildman–Crippen LogP) is 5.54. The van der Waals surface area contributed by atoms with Gasteiger partial charge in [0.2, 0.25) is 0 Å². The van der Waals surface area contributed by atoms with Crippen LogP contribution in [0.25, 0.3) is 0 Å². The van der Waals surface area contributed by atoms with Crippen LogP contribution in [-0.4, -0.2) is 18.4 Å². The van der Waals surface area contributed by atoms with Gasteiger partial charge in [-0.15, -0.1) is 0 Å². The third-order valence-electron chi connectivity index (χ3n) is 5.32. The third-order valence-corrected chi connectivity index (χ3v) is 5.84. The normalized spacial score (nSPS) is 18.1. The molecule has 30 heavy (non-hydrogen) atoms. The summed E-state index contributed by atoms with van der Waals surface area (Å²) in [4.78, 5) is 25.1. The van der Waals surface area contributed by atoms with E-state index in [1.54, 1.807) is 12.1 Å². The van der Waals surface area contributed by atoms with Gasteiger partial charge in [0.05, 0.1) is 16.3 Å². The summed E-state index contributed by atoms with van der Waals surface area (Å²) in [6.07, 6.45) is 4.59. The Morgan fingerprint density at radius 2 is 1.77 bits per heavy atom. The molecule has 6 heteroatoms. The van der Waals surface area contributed by atoms with Gasteiger partial charge >= 0.3 is 5.91 Å². The van der Waals surface area contributed by atoms with Crippen LogP contribution in [-0.2, 0) is 4.79 Å². The van der Waals surface area contributed by atoms with Crippen molar-refractivity contribution in [3.63, 3.8) is 0 Å². The average Bonchev–Trinajstić information content (AvgIpc) is 2.74. The van der Waals surface area contributed by atoms with Gasteiger partial charge in [-0.25, -0.2) is 0 Å². The highest BCUT2D eigenvalue weighted by atomic mass is 35.5. The van der Waals surface area contributed by atoms with E-state index >= 15 is 0 Å². The van der Waals surface area contributed by atoms with E-state index in [2.05, 4.69) is 29.4 Å². The second-order valence-electron chi connectivity index (χ2n) is 7.72. The molecule has 4 nitrogen and oxygen atoms in total. The Kier molecular flexibility index (Phi) is 7.79. The molecule has 1 aliphatic carbocycles. The molecular weight excluding hydrogens is 419 g/mol. The fraction of sp³-hybridized carbons (Fsp3) is 0.333. The number of nitrogens with one attached hydrogen (secondary N) is 2. The first kappa shape index (κ1) is 22.2. The maximum atomic E-state index is 12.8. The van der Waals surface area contributed by atoms with E-state index in [-0.39, 0.29) is 22.2 Å². The fourth-order valence-corrected chi connectivity index (χ4v) is 4.08. The zero-order valence-electron chi connectivity index (χ0n) is 16.8. The first-order chi connectivity index (χ1) is 14.4. The minimum absolute atomic E-state index is 0.189. The molecule has 0 saturated heterocycles. The molecule has 3 rings (SSSR count). The number of amides is 2. The smallest absolute Gasteiger partial charge is 0.300 e. The van der Waals surface area contributed by atoms with Crippen LogP contribution in [0, 0.1) is 23.7 Å². The Labute approximate surface area is 187 Å². The number of hydrogen-bond acceptors (Lipinski definition) is 2. The molecule has 1 saturated carbocycles. The van der Waals surface area contributed by atoms with Gasteiger partial charge in [0, 0.05) is 23.1 Å². The summed E-state index contributed by atoms with van der Waals surface area (Å²) in [6, 6.07) is 12.2. The molecular formula is C24H24Cl2N2O2. The predicted molar refractivity (Wildman–Crippen MR) is 122 cm³/mol. The number of benzene rings is 2. The summed E-state index contributed by atoms with van der Waals surface area (Å²) < 4.78 is 0. The molecule has 1 aliphatic rings. The van der Waals surface area contributed by atoms with Crippen molar-refractivity contribution in [1.29, 1.82) is 0 Å². The van der Waals surface area contributed by atoms with E-state index in [4.69, 9.17) is 23.2 Å². The Hall–Kier alpha value is -2.48. The van der Waals surface area contributed by atoms with Crippen LogP contribution in [0.2, 0.25) is 10.0 Å². The first-order valence-electron chi connectivity index (χ1n) is 10.1. The van der Waals surface area contributed by atoms with Gasteiger partial charge in [-0.2, -0.15) is 0 Å². The maximum absolute atomic E-state index is 12.8. The van der Waals surface area contributed by atoms with Gasteiger partial charge in [0.25, 0.3) is 5.91 Å². The van der Waals surface area contributed by atoms with E-state index in [0.717, 1.165) is 24.3 Å². The molecule has 2 amide bonds. The molecule has 0 aromatic heterocycles. The second kappa shape index (κ2) is 10.5. The Morgan fingerprint density at radius 1 is 1.07 bits per heavy atom. The van der Waals surface area contributed by atoms with Crippen LogP contribution >= 0.6 is 23.2 Å². The standard InChI is InChI=1S/C24H24Cl2N2O2/c1-16-7-9-18(10-8-16)15-27-24(30)20-13-19(25)14-21(26)23(20)28-22(29)12-11-17-5-3-2-4-6-17/h2-6,13-14,16,18H,7-10,15H2,1H3,(H,27,30)(H,28,29). The summed E-state index contributed by atoms with van der Waals surface area (Å²) in [5.74, 6) is 5.65. The summed E-state index contributed by atoms with van der Waals surface area (Å²) in [5.41, 5.74) is 1.16. The van der Waals surface area contributed by atoms with E-state index in [0.29, 0.717) is 17.5 Å². The minimum atomic E-state index is -0.557. The average molecular weight is 443 g/mol. The zero-order chi connectivity index (χ0) is 21.5. The molecule has 0 atom stereocenters. The Bertz CT molecular complexity index is 972. The summed E-state index contributed by atoms with van der Waals surface area (Å²) in [6.45, 7) is 2.86. The van der Waals surface area contributed by atoms with Crippen LogP contribution in [0.3, 0.4) is 0 Å². The fourth-order valence-electron chi connectivity index (χ4n) is 3.54. The number of anilines is 1. The highest BCUT2D eigenvalue weighted by Crippen LogP contribution is 2.31. The SMILES string of the molecule is CC1CCC(CNC(=O)c2cc(Cl)cc(Cl)c2NC(=O)C#Cc2ccccc2)CC1. The topological polar surface area (TPSA) is 58.2 Å². The van der Waals surface area contributed by atoms with Gasteiger partial charge in [-0.1, -0.05) is 67.1 Å². The number of carbonyl (C=O) groups is 2. The summed E-state index contributed by atoms with van der Waals surface area (Å²) >= 11 is 12.4. The highest BCUT2D eigenvalue weighted by Gasteiger charge is 2.21. The van der Waals surface area contributed by atoms with E-state index < -0.39 is 5.91 Å². The Morgan fingerprint density at radius 3 is 2.47 bits per heavy atom. The summed E-state index contributed by atoms with van der Waals surface area (Å²) in [5, 5.41) is 6.12. The molecule has 2 aromatic carbocycles. The van der Waals surface area contributed by atoms with E-state index in [1.807, 2.05) is 18.2 Å². The maximum Gasteiger partial charge on any atom is 0.300 e. The molecule has 2 aromatic rings. The molecule has 156 valence electrons. The van der Waals surface area contributed by atoms with Gasteiger partial charge in [-0.3, -0.25) is 9.59 Å². The monoisotopic (exact) mass is 442 g/mol. The van der Waals surface area contributed by atoms with Crippen LogP contribution in [0.5, 0.6) is 0 Å². The largest absolute Gasteiger partial charge is 0.352 e. The number of rotatable bonds is 4. The number of carbonyl (C=O) groups excluding carboxylic acids is 2. The second-order valence-corrected chi connectivity index (χ2v) is 8.56. The molecule has 0 unspecified atom stereocenters. The highest BCUT2D eigenvalue weighted by molar-refractivity contribution is 6.38. The minimum Gasteiger partial charge on any atom is -0.352 e. The van der Waals surface area contributed by atoms with Crippen LogP contribution in [0.1, 0.15) is 48.5 Å². The van der Waals surface area contributed by atoms with Gasteiger partial charge in [0.1, 0.15) is 0 Å². The molecule has 1 fully saturated rings. The van der Waals surface area contributed by atoms with Gasteiger partial charge < -0.3 is 10.6 Å². The molecule has 0 aliphatic heterocycles. The van der Waals surface area contributed by atoms with Crippen LogP contribution in [0.15, 0.2) is 42.5 Å². The van der Waals surface area contributed by atoms with E-state index in [1.165, 1.54) is 25.0 Å². The van der Waals surface area contributed by atoms with Crippen LogP contribution < -0.4 is 10.6 Å². The van der Waals surface area contributed by atoms with Crippen molar-refractivity contribution < 1.29 is 9.59 Å². The number of halogens is 2. The molecule has 0 heterocycles. The lowest BCUT2D eigenvalue weighted by molar-refractivity contribution is -0.111. The molecule has 0 radical (unpaired) electrons. The van der Waals surface area contributed by atoms with Crippen LogP contribution in [0.4, 0.5) is 5.69 Å². The molecule has 0 bridgehead atoms. The molecule has 0 spiro atoms. The zero-order valence-corrected chi connectivity index (χ0v) is 18.3. The third kappa shape index (κ3) is 6.26. The Balaban J connectivity index is 1.71. The lowest BCUT2D eigenvalue weighted by Gasteiger charge is -2.26. The van der Waals surface area contributed by atoms with Gasteiger partial charge in [0.15, 0.2) is 0 Å². The molecule has 2 N–H and O–H groups in total.